The summed E-state index contributed by atoms with van der Waals surface area (Å²) in [6, 6.07) is 12.1. The van der Waals surface area contributed by atoms with E-state index in [1.807, 2.05) is 24.3 Å². The van der Waals surface area contributed by atoms with Crippen molar-refractivity contribution in [1.29, 1.82) is 0 Å². The van der Waals surface area contributed by atoms with Crippen LogP contribution in [0.15, 0.2) is 49.1 Å². The fourth-order valence-corrected chi connectivity index (χ4v) is 6.46. The predicted molar refractivity (Wildman–Crippen MR) is 144 cm³/mol. The zero-order chi connectivity index (χ0) is 25.6. The molecule has 3 heterocycles. The van der Waals surface area contributed by atoms with Gasteiger partial charge < -0.3 is 10.3 Å². The van der Waals surface area contributed by atoms with Gasteiger partial charge in [0.2, 0.25) is 5.91 Å². The first-order chi connectivity index (χ1) is 17.9. The number of piperidine rings is 1. The van der Waals surface area contributed by atoms with Crippen LogP contribution in [0.4, 0.5) is 0 Å². The van der Waals surface area contributed by atoms with Crippen LogP contribution < -0.4 is 5.73 Å². The highest BCUT2D eigenvalue weighted by Crippen LogP contribution is 2.46. The van der Waals surface area contributed by atoms with Crippen LogP contribution in [-0.4, -0.2) is 48.2 Å². The third-order valence-electron chi connectivity index (χ3n) is 8.10. The quantitative estimate of drug-likeness (QED) is 0.375. The Bertz CT molecular complexity index is 1420. The molecular formula is C27H29Cl2N7O. The maximum absolute atomic E-state index is 11.8. The van der Waals surface area contributed by atoms with Crippen molar-refractivity contribution in [3.05, 3.63) is 70.5 Å². The van der Waals surface area contributed by atoms with Gasteiger partial charge in [0.15, 0.2) is 0 Å². The van der Waals surface area contributed by atoms with Gasteiger partial charge in [0.05, 0.1) is 32.3 Å². The zero-order valence-electron chi connectivity index (χ0n) is 20.5. The Morgan fingerprint density at radius 1 is 1.05 bits per heavy atom. The highest BCUT2D eigenvalue weighted by atomic mass is 35.5. The van der Waals surface area contributed by atoms with E-state index in [9.17, 15) is 4.79 Å². The summed E-state index contributed by atoms with van der Waals surface area (Å²) in [7, 11) is 0. The highest BCUT2D eigenvalue weighted by Gasteiger charge is 2.46. The minimum absolute atomic E-state index is 0.0466. The van der Waals surface area contributed by atoms with Crippen LogP contribution in [0.25, 0.3) is 16.7 Å². The number of likely N-dealkylation sites (tertiary alicyclic amines) is 1. The molecule has 0 bridgehead atoms. The van der Waals surface area contributed by atoms with Gasteiger partial charge in [-0.25, -0.2) is 14.6 Å². The molecule has 192 valence electrons. The maximum Gasteiger partial charge on any atom is 0.220 e. The highest BCUT2D eigenvalue weighted by molar-refractivity contribution is 6.42. The average Bonchev–Trinajstić information content (AvgIpc) is 3.67. The number of halogens is 2. The SMILES string of the molecule is NC(=O)C1CCN(C2(c3nc4cc(Cl)c(Cl)cc4n3Cc3ccc(-n4cncn4)cc3)CCCC2)CC1. The van der Waals surface area contributed by atoms with E-state index >= 15 is 0 Å². The summed E-state index contributed by atoms with van der Waals surface area (Å²) < 4.78 is 4.06. The Morgan fingerprint density at radius 2 is 1.76 bits per heavy atom. The summed E-state index contributed by atoms with van der Waals surface area (Å²) in [5.74, 6) is 0.817. The summed E-state index contributed by atoms with van der Waals surface area (Å²) in [6.07, 6.45) is 9.15. The molecule has 1 amide bonds. The van der Waals surface area contributed by atoms with Gasteiger partial charge >= 0.3 is 0 Å². The molecule has 1 saturated heterocycles. The van der Waals surface area contributed by atoms with Crippen molar-refractivity contribution in [3.8, 4) is 5.69 Å². The van der Waals surface area contributed by atoms with Crippen molar-refractivity contribution in [2.45, 2.75) is 50.6 Å². The molecule has 1 aliphatic heterocycles. The second-order valence-corrected chi connectivity index (χ2v) is 11.0. The van der Waals surface area contributed by atoms with Gasteiger partial charge in [-0.3, -0.25) is 9.69 Å². The molecule has 37 heavy (non-hydrogen) atoms. The lowest BCUT2D eigenvalue weighted by Crippen LogP contribution is -2.51. The van der Waals surface area contributed by atoms with Gasteiger partial charge in [0.25, 0.3) is 0 Å². The molecule has 2 N–H and O–H groups in total. The van der Waals surface area contributed by atoms with Crippen molar-refractivity contribution in [3.63, 3.8) is 0 Å². The Labute approximate surface area is 225 Å². The lowest BCUT2D eigenvalue weighted by atomic mass is 9.87. The third-order valence-corrected chi connectivity index (χ3v) is 8.82. The molecule has 0 atom stereocenters. The number of hydrogen-bond acceptors (Lipinski definition) is 5. The number of nitrogens with zero attached hydrogens (tertiary/aromatic N) is 6. The molecule has 0 radical (unpaired) electrons. The third kappa shape index (κ3) is 4.41. The Morgan fingerprint density at radius 3 is 2.41 bits per heavy atom. The second-order valence-electron chi connectivity index (χ2n) is 10.2. The van der Waals surface area contributed by atoms with Gasteiger partial charge in [-0.05, 0) is 68.6 Å². The molecule has 2 fully saturated rings. The van der Waals surface area contributed by atoms with Gasteiger partial charge in [-0.1, -0.05) is 48.2 Å². The number of hydrogen-bond donors (Lipinski definition) is 1. The van der Waals surface area contributed by atoms with Crippen LogP contribution >= 0.6 is 23.2 Å². The van der Waals surface area contributed by atoms with Crippen LogP contribution in [0.5, 0.6) is 0 Å². The topological polar surface area (TPSA) is 94.9 Å². The lowest BCUT2D eigenvalue weighted by molar-refractivity contribution is -0.123. The van der Waals surface area contributed by atoms with Crippen LogP contribution in [0, 0.1) is 5.92 Å². The molecule has 0 spiro atoms. The number of imidazole rings is 1. The molecule has 8 nitrogen and oxygen atoms in total. The Balaban J connectivity index is 1.42. The number of amides is 1. The minimum Gasteiger partial charge on any atom is -0.369 e. The first-order valence-corrected chi connectivity index (χ1v) is 13.5. The second kappa shape index (κ2) is 9.74. The van der Waals surface area contributed by atoms with Gasteiger partial charge in [-0.2, -0.15) is 5.10 Å². The molecule has 2 aromatic carbocycles. The van der Waals surface area contributed by atoms with Crippen molar-refractivity contribution < 1.29 is 4.79 Å². The van der Waals surface area contributed by atoms with Crippen LogP contribution in [0.1, 0.15) is 49.9 Å². The largest absolute Gasteiger partial charge is 0.369 e. The lowest BCUT2D eigenvalue weighted by Gasteiger charge is -2.44. The van der Waals surface area contributed by atoms with E-state index in [0.717, 1.165) is 79.7 Å². The van der Waals surface area contributed by atoms with E-state index in [4.69, 9.17) is 33.9 Å². The van der Waals surface area contributed by atoms with Gasteiger partial charge in [0, 0.05) is 12.5 Å². The summed E-state index contributed by atoms with van der Waals surface area (Å²) in [5, 5.41) is 5.25. The average molecular weight is 538 g/mol. The summed E-state index contributed by atoms with van der Waals surface area (Å²) in [6.45, 7) is 2.33. The van der Waals surface area contributed by atoms with E-state index < -0.39 is 0 Å². The van der Waals surface area contributed by atoms with Crippen LogP contribution in [0.3, 0.4) is 0 Å². The van der Waals surface area contributed by atoms with E-state index in [2.05, 4.69) is 31.7 Å². The summed E-state index contributed by atoms with van der Waals surface area (Å²) >= 11 is 12.9. The first kappa shape index (κ1) is 24.4. The van der Waals surface area contributed by atoms with Crippen LogP contribution in [-0.2, 0) is 16.9 Å². The number of benzene rings is 2. The van der Waals surface area contributed by atoms with Gasteiger partial charge in [-0.15, -0.1) is 0 Å². The Hall–Kier alpha value is -2.94. The van der Waals surface area contributed by atoms with Crippen molar-refractivity contribution >= 4 is 40.1 Å². The molecule has 1 aliphatic carbocycles. The Kier molecular flexibility index (Phi) is 6.42. The molecule has 4 aromatic rings. The van der Waals surface area contributed by atoms with E-state index in [-0.39, 0.29) is 17.4 Å². The number of nitrogens with two attached hydrogens (primary N) is 1. The predicted octanol–water partition coefficient (Wildman–Crippen LogP) is 4.94. The zero-order valence-corrected chi connectivity index (χ0v) is 22.0. The van der Waals surface area contributed by atoms with E-state index in [1.54, 1.807) is 11.0 Å². The number of carbonyl (C=O) groups is 1. The summed E-state index contributed by atoms with van der Waals surface area (Å²) in [5.41, 5.74) is 9.37. The minimum atomic E-state index is -0.193. The smallest absolute Gasteiger partial charge is 0.220 e. The standard InChI is InChI=1S/C27H29Cl2N7O/c28-21-13-23-24(14-22(21)29)35(15-18-3-5-20(6-4-18)36-17-31-16-32-36)26(33-23)27(9-1-2-10-27)34-11-7-19(8-12-34)25(30)37/h3-6,13-14,16-17,19H,1-2,7-12,15H2,(H2,30,37). The number of primary amides is 1. The monoisotopic (exact) mass is 537 g/mol. The van der Waals surface area contributed by atoms with Crippen molar-refractivity contribution in [2.24, 2.45) is 11.7 Å². The van der Waals surface area contributed by atoms with E-state index in [1.165, 1.54) is 6.33 Å². The number of rotatable bonds is 6. The first-order valence-electron chi connectivity index (χ1n) is 12.8. The summed E-state index contributed by atoms with van der Waals surface area (Å²) in [4.78, 5) is 23.6. The molecule has 6 rings (SSSR count). The molecule has 0 unspecified atom stereocenters. The maximum atomic E-state index is 11.8. The fourth-order valence-electron chi connectivity index (χ4n) is 6.15. The fraction of sp³-hybridized carbons (Fsp3) is 0.407. The van der Waals surface area contributed by atoms with Gasteiger partial charge in [0.1, 0.15) is 18.5 Å². The van der Waals surface area contributed by atoms with E-state index in [0.29, 0.717) is 16.6 Å². The van der Waals surface area contributed by atoms with Crippen molar-refractivity contribution in [2.75, 3.05) is 13.1 Å². The van der Waals surface area contributed by atoms with Crippen molar-refractivity contribution in [1.82, 2.24) is 29.2 Å². The molecule has 10 heteroatoms. The molecule has 2 aliphatic rings. The molecule has 2 aromatic heterocycles. The molecular weight excluding hydrogens is 509 g/mol. The normalized spacial score (nSPS) is 18.5. The molecule has 1 saturated carbocycles. The number of aromatic nitrogens is 5. The van der Waals surface area contributed by atoms with Crippen LogP contribution in [0.2, 0.25) is 10.0 Å². The number of carbonyl (C=O) groups excluding carboxylic acids is 1. The number of fused-ring (bicyclic) bond motifs is 1.